The van der Waals surface area contributed by atoms with Crippen LogP contribution in [0.5, 0.6) is 0 Å². The lowest BCUT2D eigenvalue weighted by atomic mass is 10.2. The molecule has 0 saturated carbocycles. The van der Waals surface area contributed by atoms with Crippen molar-refractivity contribution in [2.24, 2.45) is 0 Å². The van der Waals surface area contributed by atoms with Gasteiger partial charge in [-0.25, -0.2) is 9.59 Å². The molecule has 1 unspecified atom stereocenters. The van der Waals surface area contributed by atoms with E-state index in [1.165, 1.54) is 11.6 Å². The lowest BCUT2D eigenvalue weighted by Crippen LogP contribution is -2.52. The number of aliphatic carboxylic acids is 2. The van der Waals surface area contributed by atoms with Crippen LogP contribution in [0.2, 0.25) is 0 Å². The maximum absolute atomic E-state index is 13.0. The summed E-state index contributed by atoms with van der Waals surface area (Å²) in [6.45, 7) is 4.94. The summed E-state index contributed by atoms with van der Waals surface area (Å²) in [6.07, 6.45) is -5.41. The van der Waals surface area contributed by atoms with E-state index in [1.54, 1.807) is 11.8 Å². The van der Waals surface area contributed by atoms with Gasteiger partial charge in [-0.05, 0) is 35.9 Å². The minimum atomic E-state index is -4.50. The first-order chi connectivity index (χ1) is 17.5. The number of halogens is 3. The zero-order valence-corrected chi connectivity index (χ0v) is 19.6. The molecule has 1 amide bonds. The van der Waals surface area contributed by atoms with Gasteiger partial charge in [-0.3, -0.25) is 9.69 Å². The van der Waals surface area contributed by atoms with Crippen LogP contribution in [0, 0.1) is 0 Å². The number of aromatic nitrogens is 3. The van der Waals surface area contributed by atoms with E-state index in [1.807, 2.05) is 18.2 Å². The highest BCUT2D eigenvalue weighted by Crippen LogP contribution is 2.30. The van der Waals surface area contributed by atoms with Gasteiger partial charge in [0.25, 0.3) is 5.91 Å². The predicted octanol–water partition coefficient (Wildman–Crippen LogP) is 1.77. The molecule has 0 radical (unpaired) electrons. The molecule has 1 atom stereocenters. The first-order valence-corrected chi connectivity index (χ1v) is 11.1. The Morgan fingerprint density at radius 3 is 2.19 bits per heavy atom. The number of nitrogens with zero attached hydrogens (tertiary/aromatic N) is 5. The zero-order valence-electron chi connectivity index (χ0n) is 19.6. The second kappa shape index (κ2) is 11.7. The van der Waals surface area contributed by atoms with Gasteiger partial charge in [0.15, 0.2) is 0 Å². The second-order valence-electron chi connectivity index (χ2n) is 8.11. The fourth-order valence-electron chi connectivity index (χ4n) is 3.57. The largest absolute Gasteiger partial charge is 0.473 e. The van der Waals surface area contributed by atoms with E-state index in [9.17, 15) is 18.0 Å². The van der Waals surface area contributed by atoms with Crippen LogP contribution in [0.15, 0.2) is 48.5 Å². The summed E-state index contributed by atoms with van der Waals surface area (Å²) in [5, 5.41) is 22.3. The Labute approximate surface area is 208 Å². The van der Waals surface area contributed by atoms with Crippen LogP contribution in [0.3, 0.4) is 0 Å². The van der Waals surface area contributed by atoms with Crippen LogP contribution < -0.4 is 4.84 Å². The molecule has 37 heavy (non-hydrogen) atoms. The van der Waals surface area contributed by atoms with Crippen LogP contribution in [0.25, 0.3) is 11.0 Å². The number of alkyl halides is 3. The van der Waals surface area contributed by atoms with Crippen molar-refractivity contribution < 1.29 is 42.6 Å². The lowest BCUT2D eigenvalue weighted by Gasteiger charge is -2.35. The summed E-state index contributed by atoms with van der Waals surface area (Å²) in [6, 6.07) is 13.2. The van der Waals surface area contributed by atoms with Crippen molar-refractivity contribution in [2.45, 2.75) is 25.7 Å². The number of amides is 1. The molecule has 1 fully saturated rings. The fourth-order valence-corrected chi connectivity index (χ4v) is 3.57. The van der Waals surface area contributed by atoms with Crippen LogP contribution in [0.1, 0.15) is 18.1 Å². The molecule has 0 aliphatic carbocycles. The van der Waals surface area contributed by atoms with Gasteiger partial charge in [0.1, 0.15) is 11.0 Å². The summed E-state index contributed by atoms with van der Waals surface area (Å²) in [4.78, 5) is 41.4. The van der Waals surface area contributed by atoms with Gasteiger partial charge in [-0.2, -0.15) is 13.2 Å². The molecule has 2 heterocycles. The smallest absolute Gasteiger partial charge is 0.416 e. The number of carbonyl (C=O) groups excluding carboxylic acids is 1. The number of piperazine rings is 1. The molecule has 3 aromatic rings. The molecule has 0 bridgehead atoms. The normalized spacial score (nSPS) is 15.0. The average Bonchev–Trinajstić information content (AvgIpc) is 3.26. The summed E-state index contributed by atoms with van der Waals surface area (Å²) in [7, 11) is 0. The van der Waals surface area contributed by atoms with E-state index in [2.05, 4.69) is 27.3 Å². The monoisotopic (exact) mass is 523 g/mol. The molecule has 1 saturated heterocycles. The number of fused-ring (bicyclic) bond motifs is 1. The third kappa shape index (κ3) is 7.39. The van der Waals surface area contributed by atoms with E-state index in [-0.39, 0.29) is 16.9 Å². The van der Waals surface area contributed by atoms with Crippen LogP contribution in [-0.4, -0.2) is 85.3 Å². The highest BCUT2D eigenvalue weighted by Gasteiger charge is 2.32. The number of benzene rings is 2. The molecule has 2 N–H and O–H groups in total. The van der Waals surface area contributed by atoms with E-state index in [0.717, 1.165) is 36.6 Å². The third-order valence-electron chi connectivity index (χ3n) is 5.46. The highest BCUT2D eigenvalue weighted by molar-refractivity contribution is 6.27. The van der Waals surface area contributed by atoms with Gasteiger partial charge in [-0.15, -0.1) is 5.10 Å². The van der Waals surface area contributed by atoms with Crippen molar-refractivity contribution in [2.75, 3.05) is 26.2 Å². The van der Waals surface area contributed by atoms with Gasteiger partial charge in [0, 0.05) is 32.7 Å². The Balaban J connectivity index is 0.000000568. The van der Waals surface area contributed by atoms with Gasteiger partial charge < -0.3 is 20.0 Å². The van der Waals surface area contributed by atoms with E-state index >= 15 is 0 Å². The molecule has 1 aliphatic heterocycles. The lowest BCUT2D eigenvalue weighted by molar-refractivity contribution is -0.159. The SMILES string of the molecule is CC(On1nnc2ccc(C(F)(F)F)cc21)C(=O)N1CCN(Cc2ccccc2)CC1.O=C(O)C(=O)O. The third-order valence-corrected chi connectivity index (χ3v) is 5.46. The number of hydrogen-bond donors (Lipinski definition) is 2. The number of carboxylic acids is 2. The van der Waals surface area contributed by atoms with Crippen molar-refractivity contribution in [1.29, 1.82) is 0 Å². The molecule has 2 aromatic carbocycles. The number of rotatable bonds is 5. The topological polar surface area (TPSA) is 138 Å². The van der Waals surface area contributed by atoms with Crippen LogP contribution >= 0.6 is 0 Å². The van der Waals surface area contributed by atoms with Crippen molar-refractivity contribution in [3.8, 4) is 0 Å². The van der Waals surface area contributed by atoms with E-state index in [0.29, 0.717) is 13.1 Å². The molecular formula is C23H24F3N5O6. The molecule has 198 valence electrons. The van der Waals surface area contributed by atoms with Crippen molar-refractivity contribution >= 4 is 28.9 Å². The maximum Gasteiger partial charge on any atom is 0.416 e. The molecule has 11 nitrogen and oxygen atoms in total. The second-order valence-corrected chi connectivity index (χ2v) is 8.11. The highest BCUT2D eigenvalue weighted by atomic mass is 19.4. The summed E-state index contributed by atoms with van der Waals surface area (Å²) < 4.78 is 39.0. The quantitative estimate of drug-likeness (QED) is 0.479. The van der Waals surface area contributed by atoms with Crippen molar-refractivity contribution in [3.05, 3.63) is 59.7 Å². The first kappa shape index (κ1) is 27.4. The maximum atomic E-state index is 13.0. The standard InChI is InChI=1S/C21H22F3N5O2.C2H2O4/c1-15(31-29-19-13-17(21(22,23)24)7-8-18(19)25-26-29)20(30)28-11-9-27(10-12-28)14-16-5-3-2-4-6-16;3-1(4)2(5)6/h2-8,13,15H,9-12,14H2,1H3;(H,3,4)(H,5,6). The molecule has 14 heteroatoms. The van der Waals surface area contributed by atoms with Crippen molar-refractivity contribution in [1.82, 2.24) is 25.0 Å². The van der Waals surface area contributed by atoms with Gasteiger partial charge in [0.2, 0.25) is 6.10 Å². The Hall–Kier alpha value is -4.20. The Bertz CT molecular complexity index is 1230. The van der Waals surface area contributed by atoms with Crippen LogP contribution in [0.4, 0.5) is 13.2 Å². The Morgan fingerprint density at radius 1 is 1.00 bits per heavy atom. The number of carboxylic acid groups (broad SMARTS) is 2. The minimum absolute atomic E-state index is 0.0576. The molecule has 0 spiro atoms. The van der Waals surface area contributed by atoms with Crippen molar-refractivity contribution in [3.63, 3.8) is 0 Å². The van der Waals surface area contributed by atoms with Gasteiger partial charge in [0.05, 0.1) is 5.56 Å². The Morgan fingerprint density at radius 2 is 1.62 bits per heavy atom. The van der Waals surface area contributed by atoms with Gasteiger partial charge in [-0.1, -0.05) is 35.2 Å². The fraction of sp³-hybridized carbons (Fsp3) is 0.348. The molecule has 1 aliphatic rings. The molecular weight excluding hydrogens is 499 g/mol. The van der Waals surface area contributed by atoms with Crippen LogP contribution in [-0.2, 0) is 27.1 Å². The summed E-state index contributed by atoms with van der Waals surface area (Å²) in [5.74, 6) is -3.89. The number of hydrogen-bond acceptors (Lipinski definition) is 7. The van der Waals surface area contributed by atoms with E-state index in [4.69, 9.17) is 24.6 Å². The predicted molar refractivity (Wildman–Crippen MR) is 122 cm³/mol. The van der Waals surface area contributed by atoms with E-state index < -0.39 is 29.8 Å². The van der Waals surface area contributed by atoms with Gasteiger partial charge >= 0.3 is 18.1 Å². The average molecular weight is 523 g/mol. The number of carbonyl (C=O) groups is 3. The molecule has 4 rings (SSSR count). The zero-order chi connectivity index (χ0) is 27.2. The summed E-state index contributed by atoms with van der Waals surface area (Å²) >= 11 is 0. The summed E-state index contributed by atoms with van der Waals surface area (Å²) in [5.41, 5.74) is 0.695. The molecule has 1 aromatic heterocycles. The first-order valence-electron chi connectivity index (χ1n) is 11.1. The Kier molecular flexibility index (Phi) is 8.65. The minimum Gasteiger partial charge on any atom is -0.473 e.